The molecule has 3 nitrogen and oxygen atoms in total. The Morgan fingerprint density at radius 3 is 2.63 bits per heavy atom. The first-order valence-electron chi connectivity index (χ1n) is 10.1. The maximum atomic E-state index is 6.52. The lowest BCUT2D eigenvalue weighted by molar-refractivity contribution is 0.185. The van der Waals surface area contributed by atoms with Gasteiger partial charge >= 0.3 is 0 Å². The van der Waals surface area contributed by atoms with Gasteiger partial charge in [-0.25, -0.2) is 4.98 Å². The van der Waals surface area contributed by atoms with Crippen molar-refractivity contribution in [2.45, 2.75) is 38.3 Å². The molecule has 0 bridgehead atoms. The minimum atomic E-state index is -0.404. The van der Waals surface area contributed by atoms with Crippen LogP contribution in [0.3, 0.4) is 0 Å². The summed E-state index contributed by atoms with van der Waals surface area (Å²) >= 11 is 8.11. The summed E-state index contributed by atoms with van der Waals surface area (Å²) in [5.41, 5.74) is 10.5. The number of methoxy groups -OCH3 is 1. The molecule has 0 aliphatic heterocycles. The van der Waals surface area contributed by atoms with Crippen LogP contribution in [0, 0.1) is 24.7 Å². The third-order valence-corrected chi connectivity index (χ3v) is 6.69. The minimum absolute atomic E-state index is 0.251. The van der Waals surface area contributed by atoms with E-state index in [9.17, 15) is 0 Å². The number of thiazole rings is 1. The van der Waals surface area contributed by atoms with E-state index >= 15 is 0 Å². The van der Waals surface area contributed by atoms with E-state index in [4.69, 9.17) is 27.1 Å². The normalized spacial score (nSPS) is 15.3. The van der Waals surface area contributed by atoms with Gasteiger partial charge in [0.2, 0.25) is 0 Å². The Bertz CT molecular complexity index is 1080. The molecule has 1 unspecified atom stereocenters. The first kappa shape index (κ1) is 21.1. The molecule has 5 heteroatoms. The fourth-order valence-electron chi connectivity index (χ4n) is 3.61. The topological polar surface area (TPSA) is 48.1 Å². The van der Waals surface area contributed by atoms with E-state index in [1.165, 1.54) is 18.4 Å². The summed E-state index contributed by atoms with van der Waals surface area (Å²) in [5, 5.41) is 1.50. The monoisotopic (exact) mass is 436 g/mol. The van der Waals surface area contributed by atoms with Gasteiger partial charge in [0, 0.05) is 23.5 Å². The molecule has 154 valence electrons. The first-order chi connectivity index (χ1) is 14.6. The van der Waals surface area contributed by atoms with Crippen LogP contribution in [0.15, 0.2) is 48.5 Å². The molecule has 2 aromatic carbocycles. The first-order valence-corrected chi connectivity index (χ1v) is 11.3. The maximum Gasteiger partial charge on any atom is 0.123 e. The number of hydrogen-bond donors (Lipinski definition) is 1. The average molecular weight is 437 g/mol. The second-order valence-corrected chi connectivity index (χ2v) is 9.34. The van der Waals surface area contributed by atoms with Crippen LogP contribution in [0.2, 0.25) is 5.02 Å². The molecule has 0 saturated heterocycles. The number of aryl methyl sites for hydroxylation is 1. The van der Waals surface area contributed by atoms with Crippen LogP contribution >= 0.6 is 22.9 Å². The molecular weight excluding hydrogens is 412 g/mol. The number of nitrogens with two attached hydrogens (primary N) is 1. The zero-order valence-corrected chi connectivity index (χ0v) is 18.8. The summed E-state index contributed by atoms with van der Waals surface area (Å²) in [5.74, 6) is 7.62. The van der Waals surface area contributed by atoms with Crippen molar-refractivity contribution in [1.29, 1.82) is 0 Å². The van der Waals surface area contributed by atoms with E-state index in [1.807, 2.05) is 31.2 Å². The zero-order valence-electron chi connectivity index (χ0n) is 17.2. The second-order valence-electron chi connectivity index (χ2n) is 7.70. The summed E-state index contributed by atoms with van der Waals surface area (Å²) in [6.07, 6.45) is 2.48. The van der Waals surface area contributed by atoms with Crippen molar-refractivity contribution < 1.29 is 4.74 Å². The largest absolute Gasteiger partial charge is 0.380 e. The van der Waals surface area contributed by atoms with Crippen molar-refractivity contribution in [2.75, 3.05) is 7.11 Å². The van der Waals surface area contributed by atoms with Gasteiger partial charge in [0.25, 0.3) is 0 Å². The van der Waals surface area contributed by atoms with Gasteiger partial charge in [-0.15, -0.1) is 11.3 Å². The van der Waals surface area contributed by atoms with E-state index in [1.54, 1.807) is 18.4 Å². The van der Waals surface area contributed by atoms with Crippen LogP contribution in [0.4, 0.5) is 0 Å². The second kappa shape index (κ2) is 9.32. The summed E-state index contributed by atoms with van der Waals surface area (Å²) in [6.45, 7) is 2.58. The fraction of sp³-hybridized carbons (Fsp3) is 0.320. The number of benzene rings is 2. The number of aromatic nitrogens is 1. The maximum absolute atomic E-state index is 6.52. The third kappa shape index (κ3) is 4.77. The third-order valence-electron chi connectivity index (χ3n) is 5.33. The van der Waals surface area contributed by atoms with E-state index in [0.29, 0.717) is 17.5 Å². The zero-order chi connectivity index (χ0) is 21.1. The van der Waals surface area contributed by atoms with Gasteiger partial charge in [0.1, 0.15) is 11.0 Å². The number of ether oxygens (including phenoxy) is 1. The highest BCUT2D eigenvalue weighted by Gasteiger charge is 2.31. The van der Waals surface area contributed by atoms with Crippen LogP contribution in [-0.2, 0) is 11.3 Å². The Kier molecular flexibility index (Phi) is 6.55. The standard InChI is InChI=1S/C25H25ClN2OS/c1-16-24(21-11-8-17(15-29-2)14-22(21)26)28-25(30-16)23(27)13-12-20(19-9-10-19)18-6-4-3-5-7-18/h3-8,11,14,19-20,23H,9-10,15,27H2,1-2H3/t20-,23?/m1/s1. The lowest BCUT2D eigenvalue weighted by Gasteiger charge is -2.09. The van der Waals surface area contributed by atoms with Crippen molar-refractivity contribution in [2.24, 2.45) is 11.7 Å². The summed E-state index contributed by atoms with van der Waals surface area (Å²) in [6, 6.07) is 16.0. The van der Waals surface area contributed by atoms with Crippen molar-refractivity contribution in [3.63, 3.8) is 0 Å². The molecule has 1 aliphatic rings. The summed E-state index contributed by atoms with van der Waals surface area (Å²) in [4.78, 5) is 5.89. The van der Waals surface area contributed by atoms with Gasteiger partial charge < -0.3 is 10.5 Å². The molecule has 0 amide bonds. The van der Waals surface area contributed by atoms with Gasteiger partial charge in [0.15, 0.2) is 0 Å². The molecule has 1 heterocycles. The smallest absolute Gasteiger partial charge is 0.123 e. The highest BCUT2D eigenvalue weighted by molar-refractivity contribution is 7.12. The van der Waals surface area contributed by atoms with Crippen LogP contribution in [-0.4, -0.2) is 12.1 Å². The molecule has 0 spiro atoms. The van der Waals surface area contributed by atoms with Crippen LogP contribution in [0.5, 0.6) is 0 Å². The van der Waals surface area contributed by atoms with Gasteiger partial charge in [-0.1, -0.05) is 65.9 Å². The Morgan fingerprint density at radius 2 is 1.97 bits per heavy atom. The number of halogens is 1. The van der Waals surface area contributed by atoms with E-state index in [2.05, 4.69) is 36.1 Å². The predicted octanol–water partition coefficient (Wildman–Crippen LogP) is 6.12. The van der Waals surface area contributed by atoms with E-state index < -0.39 is 6.04 Å². The molecule has 2 atom stereocenters. The fourth-order valence-corrected chi connectivity index (χ4v) is 4.79. The molecule has 2 N–H and O–H groups in total. The molecule has 30 heavy (non-hydrogen) atoms. The number of nitrogens with zero attached hydrogens (tertiary/aromatic N) is 1. The molecule has 0 radical (unpaired) electrons. The molecule has 1 fully saturated rings. The lowest BCUT2D eigenvalue weighted by atomic mass is 9.94. The van der Waals surface area contributed by atoms with Crippen molar-refractivity contribution >= 4 is 22.9 Å². The van der Waals surface area contributed by atoms with Crippen molar-refractivity contribution in [3.05, 3.63) is 74.6 Å². The quantitative estimate of drug-likeness (QED) is 0.474. The molecule has 1 saturated carbocycles. The predicted molar refractivity (Wildman–Crippen MR) is 125 cm³/mol. The van der Waals surface area contributed by atoms with Crippen LogP contribution < -0.4 is 5.73 Å². The average Bonchev–Trinajstić information content (AvgIpc) is 3.51. The van der Waals surface area contributed by atoms with Crippen LogP contribution in [0.1, 0.15) is 45.8 Å². The van der Waals surface area contributed by atoms with E-state index in [-0.39, 0.29) is 5.92 Å². The Balaban J connectivity index is 1.57. The summed E-state index contributed by atoms with van der Waals surface area (Å²) < 4.78 is 5.18. The highest BCUT2D eigenvalue weighted by atomic mass is 35.5. The van der Waals surface area contributed by atoms with Crippen molar-refractivity contribution in [3.8, 4) is 23.1 Å². The Labute approximate surface area is 187 Å². The van der Waals surface area contributed by atoms with Crippen molar-refractivity contribution in [1.82, 2.24) is 4.98 Å². The van der Waals surface area contributed by atoms with Gasteiger partial charge in [-0.2, -0.15) is 0 Å². The minimum Gasteiger partial charge on any atom is -0.380 e. The Morgan fingerprint density at radius 1 is 1.20 bits per heavy atom. The number of hydrogen-bond acceptors (Lipinski definition) is 4. The van der Waals surface area contributed by atoms with E-state index in [0.717, 1.165) is 26.7 Å². The molecule has 1 aliphatic carbocycles. The Hall–Kier alpha value is -2.16. The molecule has 4 rings (SSSR count). The van der Waals surface area contributed by atoms with Gasteiger partial charge in [0.05, 0.1) is 17.3 Å². The molecule has 3 aromatic rings. The highest BCUT2D eigenvalue weighted by Crippen LogP contribution is 2.42. The SMILES string of the molecule is COCc1ccc(-c2nc(C(N)C#C[C@H](c3ccccc3)C3CC3)sc2C)c(Cl)c1. The van der Waals surface area contributed by atoms with Gasteiger partial charge in [-0.3, -0.25) is 0 Å². The summed E-state index contributed by atoms with van der Waals surface area (Å²) in [7, 11) is 1.67. The lowest BCUT2D eigenvalue weighted by Crippen LogP contribution is -2.08. The number of rotatable bonds is 6. The molecule has 1 aromatic heterocycles. The van der Waals surface area contributed by atoms with Gasteiger partial charge in [-0.05, 0) is 42.9 Å². The van der Waals surface area contributed by atoms with Crippen LogP contribution in [0.25, 0.3) is 11.3 Å². The molecular formula is C25H25ClN2OS.